The zero-order valence-corrected chi connectivity index (χ0v) is 22.5. The number of nitrogens with two attached hydrogens (primary N) is 3. The Bertz CT molecular complexity index is 1130. The smallest absolute Gasteiger partial charge is 0.278 e. The van der Waals surface area contributed by atoms with Gasteiger partial charge in [-0.3, -0.25) is 19.9 Å². The summed E-state index contributed by atoms with van der Waals surface area (Å²) >= 11 is 5.84. The van der Waals surface area contributed by atoms with Crippen LogP contribution in [0.15, 0.2) is 57.5 Å². The quantitative estimate of drug-likeness (QED) is 0.149. The number of hydrogen-bond acceptors (Lipinski definition) is 10. The van der Waals surface area contributed by atoms with Gasteiger partial charge >= 0.3 is 0 Å². The van der Waals surface area contributed by atoms with E-state index in [-0.39, 0.29) is 45.9 Å². The molecule has 0 saturated carbocycles. The number of anilines is 1. The fourth-order valence-electron chi connectivity index (χ4n) is 4.05. The van der Waals surface area contributed by atoms with E-state index in [9.17, 15) is 9.59 Å². The number of carbonyl (C=O) groups is 2. The lowest BCUT2D eigenvalue weighted by molar-refractivity contribution is -0.113. The van der Waals surface area contributed by atoms with Gasteiger partial charge in [-0.05, 0) is 51.0 Å². The molecule has 0 aromatic heterocycles. The predicted octanol–water partition coefficient (Wildman–Crippen LogP) is 0.770. The van der Waals surface area contributed by atoms with Gasteiger partial charge in [0.1, 0.15) is 5.82 Å². The number of nitrogens with zero attached hydrogens (tertiary/aromatic N) is 3. The maximum Gasteiger partial charge on any atom is 0.278 e. The Labute approximate surface area is 227 Å². The highest BCUT2D eigenvalue weighted by Crippen LogP contribution is 2.27. The minimum Gasteiger partial charge on any atom is -0.397 e. The summed E-state index contributed by atoms with van der Waals surface area (Å²) in [5.41, 5.74) is 17.3. The average molecular weight is 546 g/mol. The van der Waals surface area contributed by atoms with Crippen LogP contribution in [0.2, 0.25) is 0 Å². The van der Waals surface area contributed by atoms with Crippen molar-refractivity contribution in [3.8, 4) is 0 Å². The van der Waals surface area contributed by atoms with Crippen molar-refractivity contribution in [3.63, 3.8) is 0 Å². The maximum atomic E-state index is 13.0. The molecule has 0 atom stereocenters. The van der Waals surface area contributed by atoms with Gasteiger partial charge in [0.2, 0.25) is 0 Å². The first-order valence-corrected chi connectivity index (χ1v) is 12.7. The van der Waals surface area contributed by atoms with Crippen LogP contribution in [0.5, 0.6) is 0 Å². The zero-order valence-electron chi connectivity index (χ0n) is 21.7. The molecule has 0 radical (unpaired) electrons. The number of ether oxygens (including phenoxy) is 1. The van der Waals surface area contributed by atoms with Crippen molar-refractivity contribution in [1.82, 2.24) is 15.5 Å². The SMILES string of the molecule is C=C(N)C(=NC(Cl)=C(N)N)C(=O)NC1=NCC2(CCN(C(=O)c3ccc(NCCOC(C)C)cc3)CC2)N1. The van der Waals surface area contributed by atoms with Crippen molar-refractivity contribution in [1.29, 1.82) is 0 Å². The number of halogens is 1. The first-order chi connectivity index (χ1) is 18.0. The molecule has 1 aromatic carbocycles. The van der Waals surface area contributed by atoms with E-state index in [1.54, 1.807) is 0 Å². The van der Waals surface area contributed by atoms with Crippen LogP contribution in [-0.4, -0.2) is 72.8 Å². The Hall–Kier alpha value is -3.77. The molecule has 3 rings (SSSR count). The van der Waals surface area contributed by atoms with Crippen molar-refractivity contribution >= 4 is 40.8 Å². The number of nitrogens with one attached hydrogen (secondary N) is 3. The highest BCUT2D eigenvalue weighted by molar-refractivity contribution is 6.48. The maximum absolute atomic E-state index is 13.0. The highest BCUT2D eigenvalue weighted by atomic mass is 35.5. The molecule has 13 heteroatoms. The Morgan fingerprint density at radius 3 is 2.47 bits per heavy atom. The molecule has 9 N–H and O–H groups in total. The molecule has 0 bridgehead atoms. The summed E-state index contributed by atoms with van der Waals surface area (Å²) in [5, 5.41) is 8.94. The molecule has 38 heavy (non-hydrogen) atoms. The van der Waals surface area contributed by atoms with E-state index in [2.05, 4.69) is 32.5 Å². The van der Waals surface area contributed by atoms with E-state index in [1.807, 2.05) is 43.0 Å². The number of carbonyl (C=O) groups excluding carboxylic acids is 2. The predicted molar refractivity (Wildman–Crippen MR) is 149 cm³/mol. The molecule has 2 aliphatic rings. The van der Waals surface area contributed by atoms with Crippen LogP contribution >= 0.6 is 11.6 Å². The van der Waals surface area contributed by atoms with Crippen LogP contribution in [0.1, 0.15) is 37.0 Å². The second-order valence-corrected chi connectivity index (χ2v) is 9.83. The zero-order chi connectivity index (χ0) is 27.9. The summed E-state index contributed by atoms with van der Waals surface area (Å²) < 4.78 is 5.53. The van der Waals surface area contributed by atoms with E-state index in [1.165, 1.54) is 0 Å². The third-order valence-corrected chi connectivity index (χ3v) is 6.45. The number of rotatable bonds is 9. The molecule has 206 valence electrons. The second-order valence-electron chi connectivity index (χ2n) is 9.47. The van der Waals surface area contributed by atoms with E-state index in [4.69, 9.17) is 33.5 Å². The molecule has 2 aliphatic heterocycles. The Morgan fingerprint density at radius 1 is 1.24 bits per heavy atom. The number of benzene rings is 1. The number of piperidine rings is 1. The van der Waals surface area contributed by atoms with Crippen LogP contribution in [-0.2, 0) is 9.53 Å². The summed E-state index contributed by atoms with van der Waals surface area (Å²) in [7, 11) is 0. The standard InChI is InChI=1S/C25H36ClN9O3/c1-15(2)38-13-10-30-18-6-4-17(5-7-18)23(37)35-11-8-25(9-12-35)14-31-24(34-25)33-22(36)19(16(3)27)32-20(26)21(28)29/h4-7,15,30H,3,8-14,27-29H2,1-2H3,(H2,31,33,34,36). The van der Waals surface area contributed by atoms with Crippen molar-refractivity contribution < 1.29 is 14.3 Å². The normalized spacial score (nSPS) is 16.6. The van der Waals surface area contributed by atoms with E-state index in [0.29, 0.717) is 51.2 Å². The van der Waals surface area contributed by atoms with Gasteiger partial charge in [-0.1, -0.05) is 18.2 Å². The number of amides is 2. The molecule has 1 saturated heterocycles. The van der Waals surface area contributed by atoms with Gasteiger partial charge in [-0.25, -0.2) is 4.99 Å². The van der Waals surface area contributed by atoms with E-state index < -0.39 is 5.91 Å². The monoisotopic (exact) mass is 545 g/mol. The number of aliphatic imine (C=N–C) groups is 2. The average Bonchev–Trinajstić information content (AvgIpc) is 3.26. The van der Waals surface area contributed by atoms with Crippen molar-refractivity contribution in [2.45, 2.75) is 38.3 Å². The Morgan fingerprint density at radius 2 is 1.89 bits per heavy atom. The van der Waals surface area contributed by atoms with E-state index >= 15 is 0 Å². The summed E-state index contributed by atoms with van der Waals surface area (Å²) in [5.74, 6) is -0.646. The van der Waals surface area contributed by atoms with Crippen LogP contribution in [0, 0.1) is 0 Å². The second kappa shape index (κ2) is 12.7. The van der Waals surface area contributed by atoms with Crippen LogP contribution in [0.4, 0.5) is 5.69 Å². The summed E-state index contributed by atoms with van der Waals surface area (Å²) in [6.45, 7) is 10.4. The summed E-state index contributed by atoms with van der Waals surface area (Å²) in [4.78, 5) is 35.8. The lowest BCUT2D eigenvalue weighted by atomic mass is 9.88. The first-order valence-electron chi connectivity index (χ1n) is 12.3. The minimum absolute atomic E-state index is 0.0200. The topological polar surface area (TPSA) is 185 Å². The van der Waals surface area contributed by atoms with Crippen molar-refractivity contribution in [3.05, 3.63) is 53.1 Å². The van der Waals surface area contributed by atoms with Crippen LogP contribution in [0.25, 0.3) is 0 Å². The van der Waals surface area contributed by atoms with Crippen molar-refractivity contribution in [2.75, 3.05) is 38.1 Å². The van der Waals surface area contributed by atoms with Gasteiger partial charge in [0, 0.05) is 30.9 Å². The van der Waals surface area contributed by atoms with Gasteiger partial charge in [0.05, 0.1) is 30.5 Å². The number of likely N-dealkylation sites (tertiary alicyclic amines) is 1. The minimum atomic E-state index is -0.654. The first kappa shape index (κ1) is 28.8. The lowest BCUT2D eigenvalue weighted by Gasteiger charge is -2.39. The molecule has 12 nitrogen and oxygen atoms in total. The largest absolute Gasteiger partial charge is 0.397 e. The molecule has 2 heterocycles. The molecule has 1 fully saturated rings. The number of guanidine groups is 1. The molecule has 0 unspecified atom stereocenters. The van der Waals surface area contributed by atoms with Gasteiger partial charge in [-0.15, -0.1) is 0 Å². The van der Waals surface area contributed by atoms with Gasteiger partial charge in [-0.2, -0.15) is 0 Å². The van der Waals surface area contributed by atoms with Gasteiger partial charge in [0.25, 0.3) is 11.8 Å². The van der Waals surface area contributed by atoms with E-state index in [0.717, 1.165) is 5.69 Å². The van der Waals surface area contributed by atoms with Gasteiger partial charge < -0.3 is 37.5 Å². The fourth-order valence-corrected chi connectivity index (χ4v) is 4.14. The fraction of sp³-hybridized carbons (Fsp3) is 0.440. The lowest BCUT2D eigenvalue weighted by Crippen LogP contribution is -2.57. The Balaban J connectivity index is 1.50. The molecule has 1 aromatic rings. The van der Waals surface area contributed by atoms with Crippen molar-refractivity contribution in [2.24, 2.45) is 27.2 Å². The van der Waals surface area contributed by atoms with Crippen LogP contribution in [0.3, 0.4) is 0 Å². The molecular weight excluding hydrogens is 510 g/mol. The third-order valence-electron chi connectivity index (χ3n) is 6.14. The number of hydrogen-bond donors (Lipinski definition) is 6. The Kier molecular flexibility index (Phi) is 9.59. The van der Waals surface area contributed by atoms with Gasteiger partial charge in [0.15, 0.2) is 16.8 Å². The molecule has 0 aliphatic carbocycles. The third kappa shape index (κ3) is 7.62. The summed E-state index contributed by atoms with van der Waals surface area (Å²) in [6, 6.07) is 7.45. The summed E-state index contributed by atoms with van der Waals surface area (Å²) in [6.07, 6.45) is 1.53. The molecule has 2 amide bonds. The van der Waals surface area contributed by atoms with Crippen LogP contribution < -0.4 is 33.2 Å². The molecular formula is C25H36ClN9O3. The molecule has 1 spiro atoms. The highest BCUT2D eigenvalue weighted by Gasteiger charge is 2.40.